The van der Waals surface area contributed by atoms with Gasteiger partial charge in [0.25, 0.3) is 0 Å². The topological polar surface area (TPSA) is 23.8 Å². The van der Waals surface area contributed by atoms with Gasteiger partial charge < -0.3 is 0 Å². The second-order valence-electron chi connectivity index (χ2n) is 4.36. The van der Waals surface area contributed by atoms with Crippen molar-refractivity contribution in [1.82, 2.24) is 0 Å². The third kappa shape index (κ3) is 2.54. The first-order valence-electron chi connectivity index (χ1n) is 5.75. The fraction of sp³-hybridized carbons (Fsp3) is 0.188. The molecule has 0 aliphatic carbocycles. The standard InChI is InChI=1S/C16H15N/c1-12-8-15(11-17)9-13(2)16(12)10-14-6-4-3-5-7-14/h3-9H,10H2,1-2H3. The van der Waals surface area contributed by atoms with Crippen LogP contribution in [0, 0.1) is 25.2 Å². The van der Waals surface area contributed by atoms with Gasteiger partial charge in [-0.3, -0.25) is 0 Å². The maximum Gasteiger partial charge on any atom is 0.0991 e. The van der Waals surface area contributed by atoms with Gasteiger partial charge in [0.2, 0.25) is 0 Å². The van der Waals surface area contributed by atoms with E-state index in [0.717, 1.165) is 12.0 Å². The van der Waals surface area contributed by atoms with E-state index in [0.29, 0.717) is 0 Å². The molecule has 2 aromatic rings. The molecule has 1 heteroatoms. The van der Waals surface area contributed by atoms with E-state index >= 15 is 0 Å². The number of aryl methyl sites for hydroxylation is 2. The SMILES string of the molecule is Cc1cc(C#N)cc(C)c1Cc1ccccc1. The summed E-state index contributed by atoms with van der Waals surface area (Å²) in [5.41, 5.74) is 5.78. The van der Waals surface area contributed by atoms with E-state index in [1.807, 2.05) is 18.2 Å². The first-order valence-corrected chi connectivity index (χ1v) is 5.75. The number of rotatable bonds is 2. The molecule has 1 nitrogen and oxygen atoms in total. The van der Waals surface area contributed by atoms with Crippen LogP contribution in [0.25, 0.3) is 0 Å². The molecule has 0 aromatic heterocycles. The minimum Gasteiger partial charge on any atom is -0.192 e. The third-order valence-corrected chi connectivity index (χ3v) is 3.05. The van der Waals surface area contributed by atoms with Crippen LogP contribution in [0.3, 0.4) is 0 Å². The Morgan fingerprint density at radius 2 is 1.59 bits per heavy atom. The molecule has 0 amide bonds. The molecule has 0 saturated heterocycles. The molecule has 84 valence electrons. The Balaban J connectivity index is 2.38. The summed E-state index contributed by atoms with van der Waals surface area (Å²) in [6.45, 7) is 4.15. The zero-order chi connectivity index (χ0) is 12.3. The molecule has 0 atom stereocenters. The van der Waals surface area contributed by atoms with Crippen molar-refractivity contribution in [3.63, 3.8) is 0 Å². The molecule has 0 fully saturated rings. The summed E-state index contributed by atoms with van der Waals surface area (Å²) in [6.07, 6.45) is 0.935. The van der Waals surface area contributed by atoms with E-state index < -0.39 is 0 Å². The predicted molar refractivity (Wildman–Crippen MR) is 69.9 cm³/mol. The van der Waals surface area contributed by atoms with Gasteiger partial charge in [0.05, 0.1) is 11.6 Å². The summed E-state index contributed by atoms with van der Waals surface area (Å²) in [4.78, 5) is 0. The number of hydrogen-bond acceptors (Lipinski definition) is 1. The Labute approximate surface area is 102 Å². The van der Waals surface area contributed by atoms with Gasteiger partial charge in [-0.15, -0.1) is 0 Å². The fourth-order valence-corrected chi connectivity index (χ4v) is 2.14. The largest absolute Gasteiger partial charge is 0.192 e. The third-order valence-electron chi connectivity index (χ3n) is 3.05. The highest BCUT2D eigenvalue weighted by Gasteiger charge is 2.05. The molecule has 0 N–H and O–H groups in total. The quantitative estimate of drug-likeness (QED) is 0.757. The molecular weight excluding hydrogens is 206 g/mol. The van der Waals surface area contributed by atoms with Crippen molar-refractivity contribution in [3.8, 4) is 6.07 Å². The zero-order valence-corrected chi connectivity index (χ0v) is 10.2. The van der Waals surface area contributed by atoms with Crippen LogP contribution in [0.5, 0.6) is 0 Å². The van der Waals surface area contributed by atoms with Crippen LogP contribution in [0.2, 0.25) is 0 Å². The summed E-state index contributed by atoms with van der Waals surface area (Å²) in [5, 5.41) is 8.92. The Hall–Kier alpha value is -2.07. The minimum atomic E-state index is 0.747. The summed E-state index contributed by atoms with van der Waals surface area (Å²) >= 11 is 0. The van der Waals surface area contributed by atoms with Crippen molar-refractivity contribution >= 4 is 0 Å². The van der Waals surface area contributed by atoms with E-state index in [1.165, 1.54) is 22.3 Å². The van der Waals surface area contributed by atoms with Crippen LogP contribution in [-0.4, -0.2) is 0 Å². The summed E-state index contributed by atoms with van der Waals surface area (Å²) in [7, 11) is 0. The lowest BCUT2D eigenvalue weighted by Gasteiger charge is -2.10. The van der Waals surface area contributed by atoms with Gasteiger partial charge in [-0.25, -0.2) is 0 Å². The lowest BCUT2D eigenvalue weighted by atomic mass is 9.94. The average molecular weight is 221 g/mol. The van der Waals surface area contributed by atoms with Gasteiger partial charge >= 0.3 is 0 Å². The van der Waals surface area contributed by atoms with Gasteiger partial charge in [0.1, 0.15) is 0 Å². The van der Waals surface area contributed by atoms with Crippen LogP contribution in [-0.2, 0) is 6.42 Å². The van der Waals surface area contributed by atoms with E-state index in [2.05, 4.69) is 44.2 Å². The highest BCUT2D eigenvalue weighted by molar-refractivity contribution is 5.44. The molecule has 2 rings (SSSR count). The highest BCUT2D eigenvalue weighted by Crippen LogP contribution is 2.19. The second-order valence-corrected chi connectivity index (χ2v) is 4.36. The molecule has 0 saturated carbocycles. The molecule has 0 unspecified atom stereocenters. The maximum atomic E-state index is 8.92. The van der Waals surface area contributed by atoms with Crippen molar-refractivity contribution in [1.29, 1.82) is 5.26 Å². The van der Waals surface area contributed by atoms with Crippen LogP contribution in [0.1, 0.15) is 27.8 Å². The molecule has 17 heavy (non-hydrogen) atoms. The first-order chi connectivity index (χ1) is 8.20. The predicted octanol–water partition coefficient (Wildman–Crippen LogP) is 3.77. The average Bonchev–Trinajstić information content (AvgIpc) is 2.35. The molecular formula is C16H15N. The van der Waals surface area contributed by atoms with Gasteiger partial charge in [0, 0.05) is 0 Å². The number of hydrogen-bond donors (Lipinski definition) is 0. The Bertz CT molecular complexity index is 539. The number of nitrogens with zero attached hydrogens (tertiary/aromatic N) is 1. The summed E-state index contributed by atoms with van der Waals surface area (Å²) in [5.74, 6) is 0. The lowest BCUT2D eigenvalue weighted by molar-refractivity contribution is 1.12. The molecule has 0 aliphatic heterocycles. The van der Waals surface area contributed by atoms with Gasteiger partial charge in [-0.2, -0.15) is 5.26 Å². The van der Waals surface area contributed by atoms with Crippen molar-refractivity contribution in [2.45, 2.75) is 20.3 Å². The van der Waals surface area contributed by atoms with Crippen molar-refractivity contribution < 1.29 is 0 Å². The Morgan fingerprint density at radius 3 is 2.12 bits per heavy atom. The van der Waals surface area contributed by atoms with Crippen LogP contribution >= 0.6 is 0 Å². The maximum absolute atomic E-state index is 8.92. The van der Waals surface area contributed by atoms with Crippen molar-refractivity contribution in [2.24, 2.45) is 0 Å². The zero-order valence-electron chi connectivity index (χ0n) is 10.2. The minimum absolute atomic E-state index is 0.747. The molecule has 0 heterocycles. The first kappa shape index (κ1) is 11.4. The second kappa shape index (κ2) is 4.84. The fourth-order valence-electron chi connectivity index (χ4n) is 2.14. The van der Waals surface area contributed by atoms with Gasteiger partial charge in [0.15, 0.2) is 0 Å². The summed E-state index contributed by atoms with van der Waals surface area (Å²) in [6, 6.07) is 16.5. The molecule has 0 radical (unpaired) electrons. The van der Waals surface area contributed by atoms with Crippen LogP contribution < -0.4 is 0 Å². The van der Waals surface area contributed by atoms with E-state index in [9.17, 15) is 0 Å². The molecule has 2 aromatic carbocycles. The van der Waals surface area contributed by atoms with Crippen LogP contribution in [0.15, 0.2) is 42.5 Å². The Kier molecular flexibility index (Phi) is 3.25. The lowest BCUT2D eigenvalue weighted by Crippen LogP contribution is -1.96. The molecule has 0 spiro atoms. The van der Waals surface area contributed by atoms with Crippen molar-refractivity contribution in [2.75, 3.05) is 0 Å². The van der Waals surface area contributed by atoms with Gasteiger partial charge in [-0.1, -0.05) is 30.3 Å². The normalized spacial score (nSPS) is 9.94. The van der Waals surface area contributed by atoms with E-state index in [1.54, 1.807) is 0 Å². The number of nitriles is 1. The molecule has 0 aliphatic rings. The van der Waals surface area contributed by atoms with Crippen LogP contribution in [0.4, 0.5) is 0 Å². The molecule has 0 bridgehead atoms. The highest BCUT2D eigenvalue weighted by atomic mass is 14.2. The van der Waals surface area contributed by atoms with E-state index in [-0.39, 0.29) is 0 Å². The Morgan fingerprint density at radius 1 is 1.00 bits per heavy atom. The smallest absolute Gasteiger partial charge is 0.0991 e. The van der Waals surface area contributed by atoms with Gasteiger partial charge in [-0.05, 0) is 54.7 Å². The van der Waals surface area contributed by atoms with E-state index in [4.69, 9.17) is 5.26 Å². The number of benzene rings is 2. The monoisotopic (exact) mass is 221 g/mol. The summed E-state index contributed by atoms with van der Waals surface area (Å²) < 4.78 is 0. The van der Waals surface area contributed by atoms with Crippen molar-refractivity contribution in [3.05, 3.63) is 70.3 Å².